The van der Waals surface area contributed by atoms with Gasteiger partial charge in [-0.15, -0.1) is 0 Å². The molecule has 1 fully saturated rings. The lowest BCUT2D eigenvalue weighted by Gasteiger charge is -2.31. The summed E-state index contributed by atoms with van der Waals surface area (Å²) >= 11 is 0. The van der Waals surface area contributed by atoms with Crippen LogP contribution in [0.2, 0.25) is 0 Å². The van der Waals surface area contributed by atoms with Gasteiger partial charge in [0.25, 0.3) is 0 Å². The van der Waals surface area contributed by atoms with Gasteiger partial charge in [0.2, 0.25) is 5.91 Å². The molecule has 0 spiro atoms. The van der Waals surface area contributed by atoms with Gasteiger partial charge in [0.05, 0.1) is 6.04 Å². The molecule has 3 rings (SSSR count). The van der Waals surface area contributed by atoms with E-state index in [0.717, 1.165) is 32.4 Å². The predicted molar refractivity (Wildman–Crippen MR) is 75.8 cm³/mol. The van der Waals surface area contributed by atoms with Crippen molar-refractivity contribution in [1.82, 2.24) is 10.2 Å². The third-order valence-corrected chi connectivity index (χ3v) is 4.51. The van der Waals surface area contributed by atoms with E-state index in [0.29, 0.717) is 11.9 Å². The van der Waals surface area contributed by atoms with Gasteiger partial charge in [-0.2, -0.15) is 0 Å². The monoisotopic (exact) mass is 258 g/mol. The molecule has 2 aliphatic rings. The molecule has 1 unspecified atom stereocenters. The van der Waals surface area contributed by atoms with Crippen LogP contribution in [0.15, 0.2) is 24.3 Å². The maximum absolute atomic E-state index is 12.6. The van der Waals surface area contributed by atoms with E-state index in [1.54, 1.807) is 0 Å². The molecular formula is C16H22N2O. The van der Waals surface area contributed by atoms with Crippen molar-refractivity contribution in [3.05, 3.63) is 35.4 Å². The van der Waals surface area contributed by atoms with Crippen LogP contribution in [-0.4, -0.2) is 29.4 Å². The first-order valence-corrected chi connectivity index (χ1v) is 7.40. The number of rotatable bonds is 2. The summed E-state index contributed by atoms with van der Waals surface area (Å²) < 4.78 is 0. The fraction of sp³-hybridized carbons (Fsp3) is 0.562. The van der Waals surface area contributed by atoms with Crippen LogP contribution in [0.25, 0.3) is 0 Å². The molecular weight excluding hydrogens is 236 g/mol. The van der Waals surface area contributed by atoms with Crippen molar-refractivity contribution in [2.45, 2.75) is 51.2 Å². The van der Waals surface area contributed by atoms with Crippen LogP contribution in [0.3, 0.4) is 0 Å². The Labute approximate surface area is 115 Å². The zero-order valence-electron chi connectivity index (χ0n) is 11.6. The molecule has 3 heteroatoms. The first-order valence-electron chi connectivity index (χ1n) is 7.40. The lowest BCUT2D eigenvalue weighted by Crippen LogP contribution is -2.50. The molecule has 0 radical (unpaired) electrons. The van der Waals surface area contributed by atoms with E-state index in [1.807, 2.05) is 0 Å². The second kappa shape index (κ2) is 5.33. The number of likely N-dealkylation sites (tertiary alicyclic amines) is 1. The Morgan fingerprint density at radius 2 is 2.16 bits per heavy atom. The van der Waals surface area contributed by atoms with Crippen LogP contribution >= 0.6 is 0 Å². The number of amides is 1. The zero-order chi connectivity index (χ0) is 13.2. The molecule has 19 heavy (non-hydrogen) atoms. The summed E-state index contributed by atoms with van der Waals surface area (Å²) in [6.45, 7) is 3.94. The van der Waals surface area contributed by atoms with Gasteiger partial charge in [-0.05, 0) is 36.8 Å². The lowest BCUT2D eigenvalue weighted by molar-refractivity contribution is -0.134. The van der Waals surface area contributed by atoms with Crippen molar-refractivity contribution in [3.63, 3.8) is 0 Å². The molecule has 102 valence electrons. The van der Waals surface area contributed by atoms with Crippen LogP contribution in [0, 0.1) is 0 Å². The summed E-state index contributed by atoms with van der Waals surface area (Å²) in [4.78, 5) is 14.7. The topological polar surface area (TPSA) is 32.3 Å². The molecule has 0 aliphatic carbocycles. The van der Waals surface area contributed by atoms with Crippen molar-refractivity contribution < 1.29 is 4.79 Å². The van der Waals surface area contributed by atoms with Gasteiger partial charge in [0.1, 0.15) is 0 Å². The van der Waals surface area contributed by atoms with Crippen LogP contribution in [0.1, 0.15) is 37.3 Å². The van der Waals surface area contributed by atoms with Crippen molar-refractivity contribution in [1.29, 1.82) is 0 Å². The summed E-state index contributed by atoms with van der Waals surface area (Å²) in [5.74, 6) is 0.304. The number of carbonyl (C=O) groups excluding carboxylic acids is 1. The van der Waals surface area contributed by atoms with Crippen molar-refractivity contribution in [3.8, 4) is 0 Å². The van der Waals surface area contributed by atoms with E-state index in [9.17, 15) is 4.79 Å². The first kappa shape index (κ1) is 12.7. The lowest BCUT2D eigenvalue weighted by atomic mass is 9.95. The van der Waals surface area contributed by atoms with E-state index in [2.05, 4.69) is 41.4 Å². The van der Waals surface area contributed by atoms with Gasteiger partial charge < -0.3 is 10.2 Å². The van der Waals surface area contributed by atoms with E-state index in [4.69, 9.17) is 0 Å². The van der Waals surface area contributed by atoms with Gasteiger partial charge >= 0.3 is 0 Å². The minimum atomic E-state index is -0.0259. The molecule has 3 nitrogen and oxygen atoms in total. The molecule has 0 bridgehead atoms. The van der Waals surface area contributed by atoms with Crippen LogP contribution in [-0.2, 0) is 17.8 Å². The summed E-state index contributed by atoms with van der Waals surface area (Å²) in [6, 6.07) is 8.87. The summed E-state index contributed by atoms with van der Waals surface area (Å²) in [7, 11) is 0. The highest BCUT2D eigenvalue weighted by atomic mass is 16.2. The number of fused-ring (bicyclic) bond motifs is 1. The van der Waals surface area contributed by atoms with Crippen LogP contribution in [0.5, 0.6) is 0 Å². The quantitative estimate of drug-likeness (QED) is 0.881. The molecule has 2 aliphatic heterocycles. The molecule has 1 saturated heterocycles. The van der Waals surface area contributed by atoms with Gasteiger partial charge in [-0.3, -0.25) is 4.79 Å². The standard InChI is InChI=1S/C16H22N2O/c1-2-14-8-5-9-18(14)16(19)15-10-12-6-3-4-7-13(12)11-17-15/h3-4,6-7,14-15,17H,2,5,8-11H2,1H3/t14?,15-/m0/s1. The highest BCUT2D eigenvalue weighted by Gasteiger charge is 2.33. The Hall–Kier alpha value is -1.35. The summed E-state index contributed by atoms with van der Waals surface area (Å²) in [5.41, 5.74) is 2.66. The average molecular weight is 258 g/mol. The second-order valence-corrected chi connectivity index (χ2v) is 5.64. The highest BCUT2D eigenvalue weighted by Crippen LogP contribution is 2.23. The molecule has 1 N–H and O–H groups in total. The number of hydrogen-bond acceptors (Lipinski definition) is 2. The SMILES string of the molecule is CCC1CCCN1C(=O)[C@@H]1Cc2ccccc2CN1. The third-order valence-electron chi connectivity index (χ3n) is 4.51. The smallest absolute Gasteiger partial charge is 0.240 e. The van der Waals surface area contributed by atoms with Crippen LogP contribution in [0.4, 0.5) is 0 Å². The zero-order valence-corrected chi connectivity index (χ0v) is 11.6. The van der Waals surface area contributed by atoms with Gasteiger partial charge in [-0.25, -0.2) is 0 Å². The van der Waals surface area contributed by atoms with E-state index in [-0.39, 0.29) is 6.04 Å². The summed E-state index contributed by atoms with van der Waals surface area (Å²) in [5, 5.41) is 3.41. The van der Waals surface area contributed by atoms with Gasteiger partial charge in [-0.1, -0.05) is 31.2 Å². The van der Waals surface area contributed by atoms with E-state index in [1.165, 1.54) is 17.5 Å². The van der Waals surface area contributed by atoms with Gasteiger partial charge in [0.15, 0.2) is 0 Å². The second-order valence-electron chi connectivity index (χ2n) is 5.64. The summed E-state index contributed by atoms with van der Waals surface area (Å²) in [6.07, 6.45) is 4.25. The average Bonchev–Trinajstić information content (AvgIpc) is 2.94. The van der Waals surface area contributed by atoms with Crippen molar-refractivity contribution in [2.75, 3.05) is 6.54 Å². The molecule has 1 aromatic rings. The molecule has 2 heterocycles. The van der Waals surface area contributed by atoms with Crippen molar-refractivity contribution >= 4 is 5.91 Å². The fourth-order valence-electron chi connectivity index (χ4n) is 3.38. The number of hydrogen-bond donors (Lipinski definition) is 1. The predicted octanol–water partition coefficient (Wildman–Crippen LogP) is 2.10. The Balaban J connectivity index is 1.72. The maximum Gasteiger partial charge on any atom is 0.240 e. The maximum atomic E-state index is 12.6. The molecule has 1 aromatic carbocycles. The third kappa shape index (κ3) is 2.39. The van der Waals surface area contributed by atoms with Gasteiger partial charge in [0, 0.05) is 19.1 Å². The Bertz CT molecular complexity index is 472. The fourth-order valence-corrected chi connectivity index (χ4v) is 3.38. The molecule has 0 aromatic heterocycles. The Kier molecular flexibility index (Phi) is 3.56. The largest absolute Gasteiger partial charge is 0.338 e. The number of benzene rings is 1. The highest BCUT2D eigenvalue weighted by molar-refractivity contribution is 5.83. The number of nitrogens with one attached hydrogen (secondary N) is 1. The Morgan fingerprint density at radius 3 is 2.95 bits per heavy atom. The first-order chi connectivity index (χ1) is 9.29. The molecule has 0 saturated carbocycles. The number of nitrogens with zero attached hydrogens (tertiary/aromatic N) is 1. The molecule has 1 amide bonds. The normalized spacial score (nSPS) is 26.3. The minimum absolute atomic E-state index is 0.0259. The molecule has 2 atom stereocenters. The van der Waals surface area contributed by atoms with Crippen LogP contribution < -0.4 is 5.32 Å². The van der Waals surface area contributed by atoms with Crippen molar-refractivity contribution in [2.24, 2.45) is 0 Å². The van der Waals surface area contributed by atoms with E-state index < -0.39 is 0 Å². The number of carbonyl (C=O) groups is 1. The Morgan fingerprint density at radius 1 is 1.37 bits per heavy atom. The minimum Gasteiger partial charge on any atom is -0.338 e. The van der Waals surface area contributed by atoms with E-state index >= 15 is 0 Å².